The molecule has 2 aromatic carbocycles. The number of phenols is 1. The lowest BCUT2D eigenvalue weighted by Crippen LogP contribution is -2.44. The second kappa shape index (κ2) is 11.1. The number of fused-ring (bicyclic) bond motifs is 1. The minimum Gasteiger partial charge on any atom is -0.507 e. The number of hydrogen-bond acceptors (Lipinski definition) is 6. The Labute approximate surface area is 218 Å². The molecule has 7 nitrogen and oxygen atoms in total. The number of aromatic amines is 1. The molecule has 1 aromatic heterocycles. The molecule has 5 rings (SSSR count). The first-order valence-corrected chi connectivity index (χ1v) is 13.8. The molecular formula is C30H38N4O3. The van der Waals surface area contributed by atoms with E-state index in [-0.39, 0.29) is 28.8 Å². The van der Waals surface area contributed by atoms with Gasteiger partial charge in [-0.2, -0.15) is 5.10 Å². The molecule has 0 amide bonds. The number of Topliss-reactive ketones (excluding diaryl/α,β-unsaturated/α-hetero) is 2. The maximum Gasteiger partial charge on any atom is 0.186 e. The minimum absolute atomic E-state index is 0.00510. The Morgan fingerprint density at radius 1 is 1.03 bits per heavy atom. The number of H-pyrrole nitrogens is 1. The van der Waals surface area contributed by atoms with Gasteiger partial charge in [-0.15, -0.1) is 0 Å². The molecule has 2 aliphatic rings. The zero-order valence-corrected chi connectivity index (χ0v) is 22.1. The number of carbonyl (C=O) groups is 2. The summed E-state index contributed by atoms with van der Waals surface area (Å²) in [5, 5.41) is 18.4. The van der Waals surface area contributed by atoms with Crippen LogP contribution in [-0.2, 0) is 12.8 Å². The summed E-state index contributed by atoms with van der Waals surface area (Å²) in [7, 11) is 2.16. The molecule has 1 aliphatic carbocycles. The Balaban J connectivity index is 1.31. The van der Waals surface area contributed by atoms with Crippen LogP contribution in [0.1, 0.15) is 77.4 Å². The number of aromatic nitrogens is 2. The average molecular weight is 503 g/mol. The van der Waals surface area contributed by atoms with Crippen LogP contribution in [0.25, 0.3) is 10.9 Å². The van der Waals surface area contributed by atoms with Gasteiger partial charge < -0.3 is 14.9 Å². The molecule has 7 heteroatoms. The largest absolute Gasteiger partial charge is 0.507 e. The highest BCUT2D eigenvalue weighted by Gasteiger charge is 2.27. The molecule has 0 spiro atoms. The van der Waals surface area contributed by atoms with E-state index in [0.29, 0.717) is 29.4 Å². The molecule has 0 atom stereocenters. The Bertz CT molecular complexity index is 1280. The third kappa shape index (κ3) is 5.42. The van der Waals surface area contributed by atoms with Gasteiger partial charge in [0.15, 0.2) is 11.6 Å². The number of phenolic OH excluding ortho intramolecular Hbond substituents is 1. The average Bonchev–Trinajstić information content (AvgIpc) is 3.34. The van der Waals surface area contributed by atoms with E-state index in [1.165, 1.54) is 29.3 Å². The minimum atomic E-state index is -0.123. The Hall–Kier alpha value is -3.19. The van der Waals surface area contributed by atoms with Crippen molar-refractivity contribution in [1.82, 2.24) is 15.1 Å². The van der Waals surface area contributed by atoms with Crippen LogP contribution in [0.3, 0.4) is 0 Å². The summed E-state index contributed by atoms with van der Waals surface area (Å²) < 4.78 is 0. The molecule has 3 aromatic rings. The van der Waals surface area contributed by atoms with Gasteiger partial charge in [0.05, 0.1) is 11.1 Å². The molecule has 1 saturated carbocycles. The Kier molecular flexibility index (Phi) is 7.60. The molecule has 0 radical (unpaired) electrons. The second-order valence-corrected chi connectivity index (χ2v) is 10.7. The van der Waals surface area contributed by atoms with E-state index >= 15 is 0 Å². The van der Waals surface area contributed by atoms with Gasteiger partial charge in [0.25, 0.3) is 0 Å². The fourth-order valence-corrected chi connectivity index (χ4v) is 5.85. The molecular weight excluding hydrogens is 464 g/mol. The summed E-state index contributed by atoms with van der Waals surface area (Å²) in [6.07, 6.45) is 6.92. The van der Waals surface area contributed by atoms with E-state index in [2.05, 4.69) is 52.2 Å². The summed E-state index contributed by atoms with van der Waals surface area (Å²) in [4.78, 5) is 31.2. The lowest BCUT2D eigenvalue weighted by atomic mass is 9.84. The number of hydrogen-bond donors (Lipinski definition) is 2. The monoisotopic (exact) mass is 502 g/mol. The number of nitrogens with zero attached hydrogens (tertiary/aromatic N) is 3. The van der Waals surface area contributed by atoms with Gasteiger partial charge in [-0.3, -0.25) is 14.7 Å². The predicted molar refractivity (Wildman–Crippen MR) is 147 cm³/mol. The van der Waals surface area contributed by atoms with Crippen LogP contribution < -0.4 is 4.90 Å². The third-order valence-corrected chi connectivity index (χ3v) is 8.25. The van der Waals surface area contributed by atoms with E-state index < -0.39 is 0 Å². The quantitative estimate of drug-likeness (QED) is 0.414. The first-order chi connectivity index (χ1) is 17.9. The van der Waals surface area contributed by atoms with Gasteiger partial charge >= 0.3 is 0 Å². The number of aromatic hydroxyl groups is 1. The van der Waals surface area contributed by atoms with Crippen LogP contribution in [0.2, 0.25) is 0 Å². The highest BCUT2D eigenvalue weighted by atomic mass is 16.3. The van der Waals surface area contributed by atoms with Crippen LogP contribution in [0, 0.1) is 5.92 Å². The molecule has 1 saturated heterocycles. The van der Waals surface area contributed by atoms with Crippen molar-refractivity contribution in [1.29, 1.82) is 0 Å². The summed E-state index contributed by atoms with van der Waals surface area (Å²) in [6.45, 7) is 6.33. The second-order valence-electron chi connectivity index (χ2n) is 10.7. The smallest absolute Gasteiger partial charge is 0.186 e. The van der Waals surface area contributed by atoms with Crippen molar-refractivity contribution < 1.29 is 14.7 Å². The van der Waals surface area contributed by atoms with Crippen LogP contribution in [0.15, 0.2) is 30.3 Å². The maximum absolute atomic E-state index is 13.2. The fourth-order valence-electron chi connectivity index (χ4n) is 5.85. The predicted octanol–water partition coefficient (Wildman–Crippen LogP) is 5.16. The molecule has 2 fully saturated rings. The maximum atomic E-state index is 13.2. The van der Waals surface area contributed by atoms with Crippen molar-refractivity contribution in [3.63, 3.8) is 0 Å². The third-order valence-electron chi connectivity index (χ3n) is 8.25. The van der Waals surface area contributed by atoms with Gasteiger partial charge in [0.2, 0.25) is 0 Å². The van der Waals surface area contributed by atoms with Gasteiger partial charge in [-0.1, -0.05) is 32.3 Å². The van der Waals surface area contributed by atoms with Gasteiger partial charge in [0, 0.05) is 55.7 Å². The Morgan fingerprint density at radius 2 is 1.78 bits per heavy atom. The van der Waals surface area contributed by atoms with Crippen molar-refractivity contribution in [2.45, 2.75) is 58.3 Å². The molecule has 196 valence electrons. The standard InChI is InChI=1S/C30H38N4O3/c1-3-20-17-23(34-15-13-33(2)14-16-34)11-9-21(20)10-12-27(35)25-18-24-26(19-28(25)36)31-32-29(24)30(37)22-7-5-4-6-8-22/h9,11,17-19,22,36H,3-8,10,12-16H2,1-2H3,(H,31,32). The van der Waals surface area contributed by atoms with Crippen LogP contribution >= 0.6 is 0 Å². The first-order valence-electron chi connectivity index (χ1n) is 13.8. The lowest BCUT2D eigenvalue weighted by molar-refractivity contribution is 0.0885. The number of carbonyl (C=O) groups excluding carboxylic acids is 2. The van der Waals surface area contributed by atoms with Crippen LogP contribution in [0.5, 0.6) is 5.75 Å². The molecule has 2 N–H and O–H groups in total. The number of nitrogens with one attached hydrogen (secondary N) is 1. The van der Waals surface area contributed by atoms with Crippen molar-refractivity contribution in [3.05, 3.63) is 52.7 Å². The van der Waals surface area contributed by atoms with Crippen molar-refractivity contribution in [2.24, 2.45) is 5.92 Å². The van der Waals surface area contributed by atoms with Crippen LogP contribution in [-0.4, -0.2) is 65.0 Å². The zero-order chi connectivity index (χ0) is 25.9. The van der Waals surface area contributed by atoms with E-state index in [1.54, 1.807) is 6.07 Å². The van der Waals surface area contributed by atoms with E-state index in [1.807, 2.05) is 0 Å². The number of likely N-dealkylation sites (N-methyl/N-ethyl adjacent to an activating group) is 1. The normalized spacial score (nSPS) is 17.4. The number of ketones is 2. The van der Waals surface area contributed by atoms with Gasteiger partial charge in [-0.05, 0) is 62.1 Å². The summed E-state index contributed by atoms with van der Waals surface area (Å²) in [6, 6.07) is 9.77. The van der Waals surface area contributed by atoms with Crippen molar-refractivity contribution >= 4 is 28.2 Å². The van der Waals surface area contributed by atoms with Gasteiger partial charge in [-0.25, -0.2) is 0 Å². The number of anilines is 1. The number of piperazine rings is 1. The zero-order valence-electron chi connectivity index (χ0n) is 22.1. The van der Waals surface area contributed by atoms with E-state index in [4.69, 9.17) is 0 Å². The van der Waals surface area contributed by atoms with Crippen molar-refractivity contribution in [2.75, 3.05) is 38.1 Å². The summed E-state index contributed by atoms with van der Waals surface area (Å²) in [5.41, 5.74) is 4.92. The van der Waals surface area contributed by atoms with E-state index in [9.17, 15) is 14.7 Å². The molecule has 0 unspecified atom stereocenters. The number of aryl methyl sites for hydroxylation is 2. The topological polar surface area (TPSA) is 89.5 Å². The summed E-state index contributed by atoms with van der Waals surface area (Å²) in [5.74, 6) is -0.154. The highest BCUT2D eigenvalue weighted by molar-refractivity contribution is 6.10. The summed E-state index contributed by atoms with van der Waals surface area (Å²) >= 11 is 0. The van der Waals surface area contributed by atoms with Gasteiger partial charge in [0.1, 0.15) is 11.4 Å². The SMILES string of the molecule is CCc1cc(N2CCN(C)CC2)ccc1CCC(=O)c1cc2c(C(=O)C3CCCCC3)n[nH]c2cc1O. The number of rotatable bonds is 8. The lowest BCUT2D eigenvalue weighted by Gasteiger charge is -2.34. The molecule has 0 bridgehead atoms. The fraction of sp³-hybridized carbons (Fsp3) is 0.500. The van der Waals surface area contributed by atoms with E-state index in [0.717, 1.165) is 58.3 Å². The highest BCUT2D eigenvalue weighted by Crippen LogP contribution is 2.32. The number of benzene rings is 2. The molecule has 37 heavy (non-hydrogen) atoms. The van der Waals surface area contributed by atoms with Crippen LogP contribution in [0.4, 0.5) is 5.69 Å². The molecule has 1 aliphatic heterocycles. The first kappa shape index (κ1) is 25.5. The Morgan fingerprint density at radius 3 is 2.51 bits per heavy atom. The molecule has 2 heterocycles. The van der Waals surface area contributed by atoms with Crippen molar-refractivity contribution in [3.8, 4) is 5.75 Å².